The molecule has 0 heterocycles. The van der Waals surface area contributed by atoms with Crippen molar-refractivity contribution in [3.8, 4) is 23.7 Å². The monoisotopic (exact) mass is 268 g/mol. The van der Waals surface area contributed by atoms with Gasteiger partial charge in [-0.3, -0.25) is 0 Å². The van der Waals surface area contributed by atoms with Gasteiger partial charge >= 0.3 is 0 Å². The first-order valence-electron chi connectivity index (χ1n) is 5.87. The minimum absolute atomic E-state index is 0.180. The van der Waals surface area contributed by atoms with E-state index in [0.717, 1.165) is 0 Å². The van der Waals surface area contributed by atoms with E-state index in [0.29, 0.717) is 0 Å². The van der Waals surface area contributed by atoms with Gasteiger partial charge in [-0.15, -0.1) is 0 Å². The zero-order valence-corrected chi connectivity index (χ0v) is 10.4. The lowest BCUT2D eigenvalue weighted by Gasteiger charge is -1.94. The second kappa shape index (κ2) is 6.52. The fourth-order valence-electron chi connectivity index (χ4n) is 1.45. The molecule has 2 aromatic carbocycles. The van der Waals surface area contributed by atoms with Crippen LogP contribution in [0.2, 0.25) is 0 Å². The maximum Gasteiger partial charge on any atom is 0.177 e. The third kappa shape index (κ3) is 3.68. The Labute approximate surface area is 115 Å². The number of halogens is 2. The number of hydrogen-bond acceptors (Lipinski definition) is 1. The third-order valence-corrected chi connectivity index (χ3v) is 2.43. The van der Waals surface area contributed by atoms with E-state index < -0.39 is 17.7 Å². The van der Waals surface area contributed by atoms with Crippen molar-refractivity contribution in [1.82, 2.24) is 0 Å². The van der Waals surface area contributed by atoms with Gasteiger partial charge < -0.3 is 5.11 Å². The molecule has 0 aliphatic carbocycles. The second-order valence-electron chi connectivity index (χ2n) is 3.90. The van der Waals surface area contributed by atoms with Gasteiger partial charge in [0.25, 0.3) is 0 Å². The van der Waals surface area contributed by atoms with Crippen molar-refractivity contribution in [3.63, 3.8) is 0 Å². The quantitative estimate of drug-likeness (QED) is 0.728. The van der Waals surface area contributed by atoms with Crippen molar-refractivity contribution in [3.05, 3.63) is 71.3 Å². The molecule has 2 rings (SSSR count). The Morgan fingerprint density at radius 1 is 0.750 bits per heavy atom. The summed E-state index contributed by atoms with van der Waals surface area (Å²) in [6, 6.07) is 11.9. The van der Waals surface area contributed by atoms with Gasteiger partial charge in [0.2, 0.25) is 0 Å². The van der Waals surface area contributed by atoms with Crippen molar-refractivity contribution in [1.29, 1.82) is 0 Å². The standard InChI is InChI=1S/C17H10F2O/c18-16-7-3-1-5-13(16)9-11-15(20)12-10-14-6-2-4-8-17(14)19/h1-8,15,20H. The van der Waals surface area contributed by atoms with Crippen molar-refractivity contribution < 1.29 is 13.9 Å². The molecule has 0 atom stereocenters. The molecular weight excluding hydrogens is 258 g/mol. The lowest BCUT2D eigenvalue weighted by Crippen LogP contribution is -1.98. The molecule has 0 fully saturated rings. The zero-order valence-electron chi connectivity index (χ0n) is 10.4. The fraction of sp³-hybridized carbons (Fsp3) is 0.0588. The molecule has 0 aromatic heterocycles. The highest BCUT2D eigenvalue weighted by atomic mass is 19.1. The molecule has 0 unspecified atom stereocenters. The van der Waals surface area contributed by atoms with Crippen LogP contribution in [0, 0.1) is 35.3 Å². The van der Waals surface area contributed by atoms with E-state index in [9.17, 15) is 13.9 Å². The summed E-state index contributed by atoms with van der Waals surface area (Å²) in [5, 5.41) is 9.56. The number of rotatable bonds is 0. The Balaban J connectivity index is 2.14. The highest BCUT2D eigenvalue weighted by Gasteiger charge is 1.98. The van der Waals surface area contributed by atoms with Crippen molar-refractivity contribution in [2.45, 2.75) is 6.10 Å². The number of hydrogen-bond donors (Lipinski definition) is 1. The highest BCUT2D eigenvalue weighted by molar-refractivity contribution is 5.40. The maximum atomic E-state index is 13.3. The molecule has 0 aliphatic heterocycles. The molecule has 0 saturated heterocycles. The summed E-state index contributed by atoms with van der Waals surface area (Å²) >= 11 is 0. The van der Waals surface area contributed by atoms with Crippen LogP contribution in [0.15, 0.2) is 48.5 Å². The molecule has 1 nitrogen and oxygen atoms in total. The topological polar surface area (TPSA) is 20.2 Å². The van der Waals surface area contributed by atoms with Crippen LogP contribution >= 0.6 is 0 Å². The Morgan fingerprint density at radius 2 is 1.15 bits per heavy atom. The van der Waals surface area contributed by atoms with Crippen molar-refractivity contribution in [2.75, 3.05) is 0 Å². The van der Waals surface area contributed by atoms with Gasteiger partial charge in [-0.25, -0.2) is 8.78 Å². The molecule has 2 aromatic rings. The van der Waals surface area contributed by atoms with Crippen LogP contribution in [0.3, 0.4) is 0 Å². The van der Waals surface area contributed by atoms with Crippen LogP contribution < -0.4 is 0 Å². The summed E-state index contributed by atoms with van der Waals surface area (Å²) in [5.41, 5.74) is 0.360. The molecule has 0 saturated carbocycles. The second-order valence-corrected chi connectivity index (χ2v) is 3.90. The van der Waals surface area contributed by atoms with E-state index in [1.807, 2.05) is 0 Å². The summed E-state index contributed by atoms with van der Waals surface area (Å²) in [7, 11) is 0. The van der Waals surface area contributed by atoms with Crippen LogP contribution in [0.25, 0.3) is 0 Å². The van der Waals surface area contributed by atoms with Crippen LogP contribution in [0.1, 0.15) is 11.1 Å². The predicted molar refractivity (Wildman–Crippen MR) is 72.6 cm³/mol. The molecule has 20 heavy (non-hydrogen) atoms. The van der Waals surface area contributed by atoms with Gasteiger partial charge in [-0.05, 0) is 24.3 Å². The smallest absolute Gasteiger partial charge is 0.177 e. The lowest BCUT2D eigenvalue weighted by molar-refractivity contribution is 0.289. The van der Waals surface area contributed by atoms with E-state index in [1.54, 1.807) is 24.3 Å². The van der Waals surface area contributed by atoms with Crippen LogP contribution in [0.5, 0.6) is 0 Å². The van der Waals surface area contributed by atoms with Crippen molar-refractivity contribution in [2.24, 2.45) is 0 Å². The average molecular weight is 268 g/mol. The zero-order chi connectivity index (χ0) is 14.4. The van der Waals surface area contributed by atoms with E-state index in [-0.39, 0.29) is 11.1 Å². The summed E-state index contributed by atoms with van der Waals surface area (Å²) in [6.45, 7) is 0. The third-order valence-electron chi connectivity index (χ3n) is 2.43. The molecule has 0 amide bonds. The SMILES string of the molecule is OC(C#Cc1ccccc1F)C#Cc1ccccc1F. The normalized spacial score (nSPS) is 9.40. The van der Waals surface area contributed by atoms with Crippen LogP contribution in [-0.2, 0) is 0 Å². The summed E-state index contributed by atoms with van der Waals surface area (Å²) in [4.78, 5) is 0. The molecule has 0 spiro atoms. The van der Waals surface area contributed by atoms with Crippen LogP contribution in [-0.4, -0.2) is 11.2 Å². The molecule has 0 radical (unpaired) electrons. The lowest BCUT2D eigenvalue weighted by atomic mass is 10.2. The predicted octanol–water partition coefficient (Wildman–Crippen LogP) is 2.73. The first-order chi connectivity index (χ1) is 9.66. The van der Waals surface area contributed by atoms with Crippen molar-refractivity contribution >= 4 is 0 Å². The van der Waals surface area contributed by atoms with E-state index in [4.69, 9.17) is 0 Å². The Bertz CT molecular complexity index is 666. The molecular formula is C17H10F2O. The van der Waals surface area contributed by atoms with E-state index >= 15 is 0 Å². The molecule has 3 heteroatoms. The minimum atomic E-state index is -1.27. The molecule has 1 N–H and O–H groups in total. The average Bonchev–Trinajstić information content (AvgIpc) is 2.45. The fourth-order valence-corrected chi connectivity index (χ4v) is 1.45. The van der Waals surface area contributed by atoms with Gasteiger partial charge in [-0.2, -0.15) is 0 Å². The molecule has 0 aliphatic rings. The summed E-state index contributed by atoms with van der Waals surface area (Å²) in [5.74, 6) is 8.86. The van der Waals surface area contributed by atoms with Gasteiger partial charge in [0.05, 0.1) is 11.1 Å². The Kier molecular flexibility index (Phi) is 4.50. The Morgan fingerprint density at radius 3 is 1.55 bits per heavy atom. The summed E-state index contributed by atoms with van der Waals surface area (Å²) in [6.07, 6.45) is -1.27. The molecule has 98 valence electrons. The highest BCUT2D eigenvalue weighted by Crippen LogP contribution is 2.05. The van der Waals surface area contributed by atoms with Crippen LogP contribution in [0.4, 0.5) is 8.78 Å². The van der Waals surface area contributed by atoms with E-state index in [2.05, 4.69) is 23.7 Å². The maximum absolute atomic E-state index is 13.3. The van der Waals surface area contributed by atoms with E-state index in [1.165, 1.54) is 24.3 Å². The first-order valence-corrected chi connectivity index (χ1v) is 5.87. The number of aliphatic hydroxyl groups excluding tert-OH is 1. The van der Waals surface area contributed by atoms with Gasteiger partial charge in [-0.1, -0.05) is 47.9 Å². The number of aliphatic hydroxyl groups is 1. The Hall–Kier alpha value is -2.62. The van der Waals surface area contributed by atoms with Gasteiger partial charge in [0, 0.05) is 0 Å². The van der Waals surface area contributed by atoms with Gasteiger partial charge in [0.15, 0.2) is 6.10 Å². The summed E-state index contributed by atoms with van der Waals surface area (Å²) < 4.78 is 26.5. The molecule has 0 bridgehead atoms. The largest absolute Gasteiger partial charge is 0.369 e. The number of benzene rings is 2. The first kappa shape index (κ1) is 13.8. The minimum Gasteiger partial charge on any atom is -0.369 e. The van der Waals surface area contributed by atoms with Gasteiger partial charge in [0.1, 0.15) is 11.6 Å².